The van der Waals surface area contributed by atoms with Gasteiger partial charge < -0.3 is 15.2 Å². The largest absolute Gasteiger partial charge is 0.354 e. The molecular formula is C23H36N6. The van der Waals surface area contributed by atoms with Crippen molar-refractivity contribution in [1.82, 2.24) is 25.1 Å². The zero-order valence-corrected chi connectivity index (χ0v) is 18.3. The summed E-state index contributed by atoms with van der Waals surface area (Å²) in [5, 5.41) is 7.04. The van der Waals surface area contributed by atoms with E-state index < -0.39 is 0 Å². The first kappa shape index (κ1) is 21.4. The van der Waals surface area contributed by atoms with Crippen molar-refractivity contribution in [2.24, 2.45) is 10.9 Å². The molecule has 0 bridgehead atoms. The molecule has 1 fully saturated rings. The average molecular weight is 397 g/mol. The third-order valence-corrected chi connectivity index (χ3v) is 5.70. The molecule has 2 aromatic rings. The van der Waals surface area contributed by atoms with Gasteiger partial charge in [0.25, 0.3) is 0 Å². The maximum absolute atomic E-state index is 4.49. The Balaban J connectivity index is 1.46. The molecule has 2 N–H and O–H groups in total. The SMILES string of the molecule is CN=C(NCc1nccn1CC(C)C)NC1CCN(C(C)c2ccccc2)CC1. The molecule has 1 aliphatic heterocycles. The van der Waals surface area contributed by atoms with Crippen molar-refractivity contribution < 1.29 is 0 Å². The Kier molecular flexibility index (Phi) is 7.69. The van der Waals surface area contributed by atoms with Crippen molar-refractivity contribution >= 4 is 5.96 Å². The number of hydrogen-bond donors (Lipinski definition) is 2. The molecule has 29 heavy (non-hydrogen) atoms. The Morgan fingerprint density at radius 3 is 2.55 bits per heavy atom. The fourth-order valence-corrected chi connectivity index (χ4v) is 3.99. The Bertz CT molecular complexity index is 759. The Morgan fingerprint density at radius 1 is 1.17 bits per heavy atom. The van der Waals surface area contributed by atoms with Crippen molar-refractivity contribution in [3.05, 3.63) is 54.1 Å². The molecule has 0 aliphatic carbocycles. The molecule has 0 saturated carbocycles. The number of nitrogens with zero attached hydrogens (tertiary/aromatic N) is 4. The van der Waals surface area contributed by atoms with Gasteiger partial charge in [0, 0.05) is 51.2 Å². The van der Waals surface area contributed by atoms with Gasteiger partial charge in [-0.1, -0.05) is 44.2 Å². The van der Waals surface area contributed by atoms with E-state index in [0.29, 0.717) is 24.5 Å². The van der Waals surface area contributed by atoms with E-state index in [1.807, 2.05) is 13.2 Å². The Labute approximate surface area is 175 Å². The van der Waals surface area contributed by atoms with Gasteiger partial charge in [-0.25, -0.2) is 4.98 Å². The second kappa shape index (κ2) is 10.4. The molecule has 3 rings (SSSR count). The normalized spacial score (nSPS) is 17.5. The van der Waals surface area contributed by atoms with Gasteiger partial charge >= 0.3 is 0 Å². The van der Waals surface area contributed by atoms with Crippen molar-refractivity contribution in [2.75, 3.05) is 20.1 Å². The van der Waals surface area contributed by atoms with Gasteiger partial charge in [-0.2, -0.15) is 0 Å². The number of imidazole rings is 1. The molecule has 1 aromatic carbocycles. The minimum atomic E-state index is 0.454. The van der Waals surface area contributed by atoms with Crippen LogP contribution in [0.4, 0.5) is 0 Å². The van der Waals surface area contributed by atoms with Gasteiger partial charge in [-0.05, 0) is 31.2 Å². The number of hydrogen-bond acceptors (Lipinski definition) is 3. The van der Waals surface area contributed by atoms with Gasteiger partial charge in [0.2, 0.25) is 0 Å². The number of nitrogens with one attached hydrogen (secondary N) is 2. The standard InChI is InChI=1S/C23H36N6/c1-18(2)17-29-15-12-25-22(29)16-26-23(24-4)27-21-10-13-28(14-11-21)19(3)20-8-6-5-7-9-20/h5-9,12,15,18-19,21H,10-11,13-14,16-17H2,1-4H3,(H2,24,26,27). The minimum absolute atomic E-state index is 0.454. The molecule has 2 heterocycles. The first-order chi connectivity index (χ1) is 14.1. The van der Waals surface area contributed by atoms with Crippen LogP contribution in [0, 0.1) is 5.92 Å². The molecule has 0 amide bonds. The monoisotopic (exact) mass is 396 g/mol. The maximum Gasteiger partial charge on any atom is 0.191 e. The van der Waals surface area contributed by atoms with Crippen LogP contribution in [0.15, 0.2) is 47.7 Å². The Morgan fingerprint density at radius 2 is 1.90 bits per heavy atom. The molecule has 0 spiro atoms. The number of guanidine groups is 1. The van der Waals surface area contributed by atoms with E-state index in [1.54, 1.807) is 0 Å². The third-order valence-electron chi connectivity index (χ3n) is 5.70. The maximum atomic E-state index is 4.49. The summed E-state index contributed by atoms with van der Waals surface area (Å²) in [6, 6.07) is 11.7. The number of piperidine rings is 1. The molecule has 1 saturated heterocycles. The van der Waals surface area contributed by atoms with E-state index in [9.17, 15) is 0 Å². The van der Waals surface area contributed by atoms with E-state index in [4.69, 9.17) is 0 Å². The van der Waals surface area contributed by atoms with Crippen molar-refractivity contribution in [2.45, 2.75) is 58.8 Å². The fourth-order valence-electron chi connectivity index (χ4n) is 3.99. The lowest BCUT2D eigenvalue weighted by Gasteiger charge is -2.37. The van der Waals surface area contributed by atoms with E-state index in [-0.39, 0.29) is 0 Å². The first-order valence-electron chi connectivity index (χ1n) is 10.8. The second-order valence-corrected chi connectivity index (χ2v) is 8.36. The lowest BCUT2D eigenvalue weighted by Crippen LogP contribution is -2.49. The van der Waals surface area contributed by atoms with Crippen molar-refractivity contribution in [3.8, 4) is 0 Å². The molecule has 1 aliphatic rings. The van der Waals surface area contributed by atoms with Crippen LogP contribution in [0.2, 0.25) is 0 Å². The van der Waals surface area contributed by atoms with Gasteiger partial charge in [-0.3, -0.25) is 9.89 Å². The smallest absolute Gasteiger partial charge is 0.191 e. The van der Waals surface area contributed by atoms with E-state index in [2.05, 4.69) is 87.4 Å². The lowest BCUT2D eigenvalue weighted by molar-refractivity contribution is 0.158. The second-order valence-electron chi connectivity index (χ2n) is 8.36. The lowest BCUT2D eigenvalue weighted by atomic mass is 10.0. The summed E-state index contributed by atoms with van der Waals surface area (Å²) in [4.78, 5) is 11.5. The van der Waals surface area contributed by atoms with Gasteiger partial charge in [0.05, 0.1) is 6.54 Å². The molecule has 1 unspecified atom stereocenters. The quantitative estimate of drug-likeness (QED) is 0.556. The highest BCUT2D eigenvalue weighted by molar-refractivity contribution is 5.79. The molecule has 0 radical (unpaired) electrons. The van der Waals surface area contributed by atoms with E-state index >= 15 is 0 Å². The number of benzene rings is 1. The number of rotatable bonds is 7. The zero-order chi connectivity index (χ0) is 20.6. The van der Waals surface area contributed by atoms with E-state index in [0.717, 1.165) is 44.3 Å². The number of aromatic nitrogens is 2. The highest BCUT2D eigenvalue weighted by Gasteiger charge is 2.24. The average Bonchev–Trinajstić information content (AvgIpc) is 3.18. The van der Waals surface area contributed by atoms with Gasteiger partial charge in [-0.15, -0.1) is 0 Å². The number of likely N-dealkylation sites (tertiary alicyclic amines) is 1. The fraction of sp³-hybridized carbons (Fsp3) is 0.565. The topological polar surface area (TPSA) is 57.5 Å². The van der Waals surface area contributed by atoms with Crippen LogP contribution < -0.4 is 10.6 Å². The summed E-state index contributed by atoms with van der Waals surface area (Å²) in [6.07, 6.45) is 6.18. The van der Waals surface area contributed by atoms with Crippen molar-refractivity contribution in [3.63, 3.8) is 0 Å². The predicted molar refractivity (Wildman–Crippen MR) is 120 cm³/mol. The zero-order valence-electron chi connectivity index (χ0n) is 18.3. The molecule has 6 heteroatoms. The predicted octanol–water partition coefficient (Wildman–Crippen LogP) is 3.43. The van der Waals surface area contributed by atoms with E-state index in [1.165, 1.54) is 5.56 Å². The number of aliphatic imine (C=N–C) groups is 1. The highest BCUT2D eigenvalue weighted by Crippen LogP contribution is 2.23. The Hall–Kier alpha value is -2.34. The van der Waals surface area contributed by atoms with Gasteiger partial charge in [0.1, 0.15) is 5.82 Å². The highest BCUT2D eigenvalue weighted by atomic mass is 15.2. The summed E-state index contributed by atoms with van der Waals surface area (Å²) in [7, 11) is 1.84. The summed E-state index contributed by atoms with van der Waals surface area (Å²) < 4.78 is 2.22. The van der Waals surface area contributed by atoms with Crippen LogP contribution in [0.1, 0.15) is 51.0 Å². The molecule has 1 atom stereocenters. The summed E-state index contributed by atoms with van der Waals surface area (Å²) in [5.41, 5.74) is 1.40. The van der Waals surface area contributed by atoms with Crippen LogP contribution in [-0.4, -0.2) is 46.6 Å². The van der Waals surface area contributed by atoms with Crippen LogP contribution in [0.3, 0.4) is 0 Å². The summed E-state index contributed by atoms with van der Waals surface area (Å²) in [5.74, 6) is 2.51. The van der Waals surface area contributed by atoms with Crippen LogP contribution in [0.25, 0.3) is 0 Å². The first-order valence-corrected chi connectivity index (χ1v) is 10.8. The molecular weight excluding hydrogens is 360 g/mol. The van der Waals surface area contributed by atoms with Crippen molar-refractivity contribution in [1.29, 1.82) is 0 Å². The molecule has 6 nitrogen and oxygen atoms in total. The molecule has 1 aromatic heterocycles. The van der Waals surface area contributed by atoms with Crippen LogP contribution in [-0.2, 0) is 13.1 Å². The third kappa shape index (κ3) is 6.07. The minimum Gasteiger partial charge on any atom is -0.354 e. The van der Waals surface area contributed by atoms with Crippen LogP contribution in [0.5, 0.6) is 0 Å². The summed E-state index contributed by atoms with van der Waals surface area (Å²) >= 11 is 0. The summed E-state index contributed by atoms with van der Waals surface area (Å²) in [6.45, 7) is 10.6. The van der Waals surface area contributed by atoms with Gasteiger partial charge in [0.15, 0.2) is 5.96 Å². The molecule has 158 valence electrons. The van der Waals surface area contributed by atoms with Crippen LogP contribution >= 0.6 is 0 Å².